The van der Waals surface area contributed by atoms with Crippen LogP contribution in [0.2, 0.25) is 0 Å². The summed E-state index contributed by atoms with van der Waals surface area (Å²) in [4.78, 5) is 25.1. The van der Waals surface area contributed by atoms with Gasteiger partial charge in [0.2, 0.25) is 0 Å². The van der Waals surface area contributed by atoms with Gasteiger partial charge in [-0.2, -0.15) is 13.2 Å². The van der Waals surface area contributed by atoms with E-state index in [0.29, 0.717) is 16.9 Å². The number of ether oxygens (including phenoxy) is 2. The summed E-state index contributed by atoms with van der Waals surface area (Å²) in [7, 11) is 1.47. The average molecular weight is 490 g/mol. The fourth-order valence-electron chi connectivity index (χ4n) is 2.99. The molecule has 1 N–H and O–H groups in total. The molecule has 0 aliphatic carbocycles. The Bertz CT molecular complexity index is 1210. The highest BCUT2D eigenvalue weighted by atomic mass is 32.1. The first-order valence-electron chi connectivity index (χ1n) is 10.0. The van der Waals surface area contributed by atoms with Crippen LogP contribution in [0, 0.1) is 0 Å². The first-order valence-corrected chi connectivity index (χ1v) is 10.9. The standard InChI is InChI=1S/C25H21F3O5S/c1-24(2,23(30)31)33-20-14-21(32-3)18(22-5-4-12-34-22)13-16(20)8-11-19(29)15-6-9-17(10-7-15)25(26,27)28/h4-14H,1-3H3,(H,30,31)/b11-8+. The average Bonchev–Trinajstić information content (AvgIpc) is 3.31. The Labute approximate surface area is 198 Å². The summed E-state index contributed by atoms with van der Waals surface area (Å²) >= 11 is 1.46. The van der Waals surface area contributed by atoms with E-state index in [4.69, 9.17) is 9.47 Å². The van der Waals surface area contributed by atoms with Gasteiger partial charge < -0.3 is 14.6 Å². The van der Waals surface area contributed by atoms with Crippen molar-refractivity contribution in [1.82, 2.24) is 0 Å². The van der Waals surface area contributed by atoms with E-state index in [0.717, 1.165) is 29.1 Å². The van der Waals surface area contributed by atoms with E-state index >= 15 is 0 Å². The van der Waals surface area contributed by atoms with Crippen LogP contribution in [0.25, 0.3) is 16.5 Å². The zero-order chi connectivity index (χ0) is 25.1. The molecule has 0 saturated carbocycles. The summed E-state index contributed by atoms with van der Waals surface area (Å²) in [5, 5.41) is 11.3. The maximum Gasteiger partial charge on any atom is 0.416 e. The maximum absolute atomic E-state index is 12.8. The summed E-state index contributed by atoms with van der Waals surface area (Å²) in [5.41, 5.74) is -1.24. The topological polar surface area (TPSA) is 72.8 Å². The lowest BCUT2D eigenvalue weighted by atomic mass is 10.0. The lowest BCUT2D eigenvalue weighted by molar-refractivity contribution is -0.152. The fraction of sp³-hybridized carbons (Fsp3) is 0.200. The number of benzene rings is 2. The van der Waals surface area contributed by atoms with Gasteiger partial charge in [0, 0.05) is 27.6 Å². The molecular weight excluding hydrogens is 469 g/mol. The Morgan fingerprint density at radius 2 is 1.71 bits per heavy atom. The Morgan fingerprint density at radius 1 is 1.03 bits per heavy atom. The van der Waals surface area contributed by atoms with Crippen LogP contribution in [0.5, 0.6) is 11.5 Å². The Hall–Kier alpha value is -3.59. The monoisotopic (exact) mass is 490 g/mol. The maximum atomic E-state index is 12.8. The molecule has 0 spiro atoms. The molecule has 2 aromatic carbocycles. The zero-order valence-corrected chi connectivity index (χ0v) is 19.3. The molecule has 1 aromatic heterocycles. The van der Waals surface area contributed by atoms with E-state index in [1.54, 1.807) is 12.1 Å². The molecule has 0 amide bonds. The molecule has 9 heteroatoms. The zero-order valence-electron chi connectivity index (χ0n) is 18.5. The highest BCUT2D eigenvalue weighted by Crippen LogP contribution is 2.40. The number of ketones is 1. The van der Waals surface area contributed by atoms with Gasteiger partial charge in [0.1, 0.15) is 11.5 Å². The normalized spacial score (nSPS) is 12.1. The molecule has 0 saturated heterocycles. The van der Waals surface area contributed by atoms with Crippen molar-refractivity contribution in [2.24, 2.45) is 0 Å². The number of methoxy groups -OCH3 is 1. The SMILES string of the molecule is COc1cc(OC(C)(C)C(=O)O)c(/C=C/C(=O)c2ccc(C(F)(F)F)cc2)cc1-c1cccs1. The minimum atomic E-state index is -4.50. The summed E-state index contributed by atoms with van der Waals surface area (Å²) in [5.74, 6) is -1.10. The molecule has 3 rings (SSSR count). The van der Waals surface area contributed by atoms with Crippen molar-refractivity contribution in [2.75, 3.05) is 7.11 Å². The molecule has 0 atom stereocenters. The highest BCUT2D eigenvalue weighted by molar-refractivity contribution is 7.13. The highest BCUT2D eigenvalue weighted by Gasteiger charge is 2.31. The Morgan fingerprint density at radius 3 is 2.24 bits per heavy atom. The van der Waals surface area contributed by atoms with Gasteiger partial charge in [-0.3, -0.25) is 4.79 Å². The molecular formula is C25H21F3O5S. The van der Waals surface area contributed by atoms with Gasteiger partial charge >= 0.3 is 12.1 Å². The molecule has 3 aromatic rings. The van der Waals surface area contributed by atoms with Crippen molar-refractivity contribution < 1.29 is 37.3 Å². The minimum Gasteiger partial charge on any atom is -0.496 e. The number of thiophene rings is 1. The van der Waals surface area contributed by atoms with E-state index in [-0.39, 0.29) is 11.3 Å². The second kappa shape index (κ2) is 9.72. The lowest BCUT2D eigenvalue weighted by Gasteiger charge is -2.24. The number of carboxylic acid groups (broad SMARTS) is 1. The molecule has 0 aliphatic rings. The summed E-state index contributed by atoms with van der Waals surface area (Å²) in [6.07, 6.45) is -1.87. The Kier molecular flexibility index (Phi) is 7.16. The van der Waals surface area contributed by atoms with Crippen molar-refractivity contribution >= 4 is 29.2 Å². The second-order valence-electron chi connectivity index (χ2n) is 7.76. The van der Waals surface area contributed by atoms with Crippen LogP contribution in [0.15, 0.2) is 60.0 Å². The predicted octanol–water partition coefficient (Wildman–Crippen LogP) is 6.58. The molecule has 5 nitrogen and oxygen atoms in total. The van der Waals surface area contributed by atoms with Crippen molar-refractivity contribution in [1.29, 1.82) is 0 Å². The number of halogens is 3. The lowest BCUT2D eigenvalue weighted by Crippen LogP contribution is -2.38. The Balaban J connectivity index is 2.02. The molecule has 34 heavy (non-hydrogen) atoms. The third-order valence-corrected chi connectivity index (χ3v) is 5.81. The quantitative estimate of drug-likeness (QED) is 0.285. The smallest absolute Gasteiger partial charge is 0.416 e. The molecule has 1 heterocycles. The number of hydrogen-bond acceptors (Lipinski definition) is 5. The van der Waals surface area contributed by atoms with Crippen LogP contribution < -0.4 is 9.47 Å². The third-order valence-electron chi connectivity index (χ3n) is 4.91. The molecule has 0 radical (unpaired) electrons. The van der Waals surface area contributed by atoms with Gasteiger partial charge in [-0.1, -0.05) is 18.2 Å². The molecule has 0 fully saturated rings. The van der Waals surface area contributed by atoms with Gasteiger partial charge in [0.05, 0.1) is 12.7 Å². The number of carbonyl (C=O) groups is 2. The minimum absolute atomic E-state index is 0.0737. The molecule has 0 bridgehead atoms. The van der Waals surface area contributed by atoms with Gasteiger partial charge in [0.15, 0.2) is 11.4 Å². The number of hydrogen-bond donors (Lipinski definition) is 1. The van der Waals surface area contributed by atoms with Gasteiger partial charge in [0.25, 0.3) is 0 Å². The van der Waals surface area contributed by atoms with Crippen molar-refractivity contribution in [3.05, 3.63) is 76.7 Å². The second-order valence-corrected chi connectivity index (χ2v) is 8.71. The number of aliphatic carboxylic acids is 1. The summed E-state index contributed by atoms with van der Waals surface area (Å²) < 4.78 is 49.5. The summed E-state index contributed by atoms with van der Waals surface area (Å²) in [6, 6.07) is 10.9. The largest absolute Gasteiger partial charge is 0.496 e. The van der Waals surface area contributed by atoms with Crippen LogP contribution in [0.4, 0.5) is 13.2 Å². The number of allylic oxidation sites excluding steroid dienone is 1. The van der Waals surface area contributed by atoms with Crippen LogP contribution in [0.1, 0.15) is 35.3 Å². The number of carbonyl (C=O) groups excluding carboxylic acids is 1. The van der Waals surface area contributed by atoms with Gasteiger partial charge in [-0.15, -0.1) is 11.3 Å². The van der Waals surface area contributed by atoms with E-state index < -0.39 is 29.1 Å². The van der Waals surface area contributed by atoms with E-state index in [1.807, 2.05) is 17.5 Å². The third kappa shape index (κ3) is 5.66. The van der Waals surface area contributed by atoms with Crippen molar-refractivity contribution in [2.45, 2.75) is 25.6 Å². The fourth-order valence-corrected chi connectivity index (χ4v) is 3.74. The summed E-state index contributed by atoms with van der Waals surface area (Å²) in [6.45, 7) is 2.77. The first-order chi connectivity index (χ1) is 15.9. The van der Waals surface area contributed by atoms with Crippen LogP contribution in [-0.4, -0.2) is 29.6 Å². The van der Waals surface area contributed by atoms with Crippen LogP contribution in [-0.2, 0) is 11.0 Å². The van der Waals surface area contributed by atoms with Crippen molar-refractivity contribution in [3.8, 4) is 21.9 Å². The van der Waals surface area contributed by atoms with Crippen LogP contribution >= 0.6 is 11.3 Å². The molecule has 0 unspecified atom stereocenters. The first kappa shape index (κ1) is 25.0. The number of rotatable bonds is 8. The molecule has 0 aliphatic heterocycles. The van der Waals surface area contributed by atoms with E-state index in [1.165, 1.54) is 44.4 Å². The van der Waals surface area contributed by atoms with E-state index in [9.17, 15) is 27.9 Å². The van der Waals surface area contributed by atoms with Crippen LogP contribution in [0.3, 0.4) is 0 Å². The number of alkyl halides is 3. The van der Waals surface area contributed by atoms with E-state index in [2.05, 4.69) is 0 Å². The van der Waals surface area contributed by atoms with Crippen molar-refractivity contribution in [3.63, 3.8) is 0 Å². The van der Waals surface area contributed by atoms with Gasteiger partial charge in [-0.05, 0) is 55.6 Å². The predicted molar refractivity (Wildman–Crippen MR) is 123 cm³/mol. The number of carboxylic acids is 1. The molecule has 178 valence electrons. The van der Waals surface area contributed by atoms with Gasteiger partial charge in [-0.25, -0.2) is 4.79 Å².